The minimum Gasteiger partial charge on any atom is -0.507 e. The summed E-state index contributed by atoms with van der Waals surface area (Å²) in [6.07, 6.45) is 6.24. The molecule has 26 heavy (non-hydrogen) atoms. The molecule has 0 aliphatic heterocycles. The van der Waals surface area contributed by atoms with E-state index in [-0.39, 0.29) is 22.8 Å². The van der Waals surface area contributed by atoms with Gasteiger partial charge in [0.2, 0.25) is 0 Å². The van der Waals surface area contributed by atoms with Crippen LogP contribution < -0.4 is 5.32 Å². The number of carbonyl (C=O) groups is 2. The fourth-order valence-corrected chi connectivity index (χ4v) is 5.72. The van der Waals surface area contributed by atoms with Crippen molar-refractivity contribution in [3.05, 3.63) is 29.3 Å². The number of aromatic hydroxyl groups is 1. The SMILES string of the molecule is Cc1ccc(C(=O)O[C@H](C)C(=O)NC23CC4CC(CC(C4)C2)C3)c(O)c1. The third kappa shape index (κ3) is 3.19. The van der Waals surface area contributed by atoms with Gasteiger partial charge in [0.25, 0.3) is 5.91 Å². The predicted octanol–water partition coefficient (Wildman–Crippen LogP) is 3.33. The van der Waals surface area contributed by atoms with Crippen molar-refractivity contribution in [2.45, 2.75) is 64.0 Å². The van der Waals surface area contributed by atoms with Gasteiger partial charge >= 0.3 is 5.97 Å². The van der Waals surface area contributed by atoms with Crippen LogP contribution in [0.5, 0.6) is 5.75 Å². The van der Waals surface area contributed by atoms with Crippen molar-refractivity contribution in [3.63, 3.8) is 0 Å². The highest BCUT2D eigenvalue weighted by molar-refractivity contribution is 5.94. The maximum absolute atomic E-state index is 12.7. The van der Waals surface area contributed by atoms with Crippen LogP contribution in [0.4, 0.5) is 0 Å². The largest absolute Gasteiger partial charge is 0.507 e. The molecule has 5 heteroatoms. The van der Waals surface area contributed by atoms with E-state index in [1.807, 2.05) is 6.92 Å². The second kappa shape index (κ2) is 6.29. The van der Waals surface area contributed by atoms with Crippen molar-refractivity contribution in [1.29, 1.82) is 0 Å². The molecule has 4 fully saturated rings. The summed E-state index contributed by atoms with van der Waals surface area (Å²) in [6.45, 7) is 3.43. The normalized spacial score (nSPS) is 32.9. The fourth-order valence-electron chi connectivity index (χ4n) is 5.72. The summed E-state index contributed by atoms with van der Waals surface area (Å²) in [6, 6.07) is 4.77. The number of phenolic OH excluding ortho intramolecular Hbond substituents is 1. The van der Waals surface area contributed by atoms with Gasteiger partial charge in [0.05, 0.1) is 0 Å². The number of rotatable bonds is 4. The van der Waals surface area contributed by atoms with Crippen LogP contribution in [0.25, 0.3) is 0 Å². The molecule has 1 aromatic rings. The number of hydrogen-bond acceptors (Lipinski definition) is 4. The quantitative estimate of drug-likeness (QED) is 0.811. The van der Waals surface area contributed by atoms with Gasteiger partial charge in [0.15, 0.2) is 6.10 Å². The number of phenols is 1. The summed E-state index contributed by atoms with van der Waals surface area (Å²) >= 11 is 0. The number of carbonyl (C=O) groups excluding carboxylic acids is 2. The van der Waals surface area contributed by atoms with Crippen molar-refractivity contribution in [3.8, 4) is 5.75 Å². The zero-order chi connectivity index (χ0) is 18.5. The Morgan fingerprint density at radius 1 is 1.15 bits per heavy atom. The molecule has 2 N–H and O–H groups in total. The second-order valence-corrected chi connectivity index (χ2v) is 8.76. The van der Waals surface area contributed by atoms with Crippen LogP contribution in [0, 0.1) is 24.7 Å². The summed E-state index contributed by atoms with van der Waals surface area (Å²) in [5.41, 5.74) is 0.843. The maximum Gasteiger partial charge on any atom is 0.342 e. The Kier molecular flexibility index (Phi) is 4.20. The Balaban J connectivity index is 1.40. The average molecular weight is 357 g/mol. The van der Waals surface area contributed by atoms with E-state index in [9.17, 15) is 14.7 Å². The molecule has 4 aliphatic carbocycles. The van der Waals surface area contributed by atoms with Gasteiger partial charge in [0.1, 0.15) is 11.3 Å². The lowest BCUT2D eigenvalue weighted by atomic mass is 9.53. The lowest BCUT2D eigenvalue weighted by Crippen LogP contribution is -2.61. The molecule has 0 radical (unpaired) electrons. The topological polar surface area (TPSA) is 75.6 Å². The van der Waals surface area contributed by atoms with E-state index in [1.54, 1.807) is 13.0 Å². The van der Waals surface area contributed by atoms with Gasteiger partial charge in [0, 0.05) is 5.54 Å². The number of amides is 1. The Morgan fingerprint density at radius 2 is 1.73 bits per heavy atom. The average Bonchev–Trinajstić information content (AvgIpc) is 2.52. The monoisotopic (exact) mass is 357 g/mol. The first kappa shape index (κ1) is 17.4. The van der Waals surface area contributed by atoms with Crippen molar-refractivity contribution in [1.82, 2.24) is 5.32 Å². The molecule has 0 saturated heterocycles. The summed E-state index contributed by atoms with van der Waals surface area (Å²) in [5, 5.41) is 13.1. The standard InChI is InChI=1S/C21H27NO4/c1-12-3-4-17(18(23)5-12)20(25)26-13(2)19(24)22-21-9-14-6-15(10-21)8-16(7-14)11-21/h3-5,13-16,23H,6-11H2,1-2H3,(H,22,24)/t13-,14?,15?,16?,21?/m1/s1. The van der Waals surface area contributed by atoms with Crippen LogP contribution in [0.15, 0.2) is 18.2 Å². The number of hydrogen-bond donors (Lipinski definition) is 2. The Hall–Kier alpha value is -2.04. The number of nitrogens with one attached hydrogen (secondary N) is 1. The third-order valence-electron chi connectivity index (χ3n) is 6.45. The van der Waals surface area contributed by atoms with Gasteiger partial charge in [-0.05, 0) is 87.8 Å². The molecule has 0 unspecified atom stereocenters. The molecular formula is C21H27NO4. The first-order valence-corrected chi connectivity index (χ1v) is 9.66. The summed E-state index contributed by atoms with van der Waals surface area (Å²) < 4.78 is 5.32. The Morgan fingerprint density at radius 3 is 2.27 bits per heavy atom. The van der Waals surface area contributed by atoms with Crippen LogP contribution in [0.3, 0.4) is 0 Å². The predicted molar refractivity (Wildman–Crippen MR) is 96.8 cm³/mol. The van der Waals surface area contributed by atoms with E-state index in [4.69, 9.17) is 4.74 Å². The van der Waals surface area contributed by atoms with Crippen molar-refractivity contribution < 1.29 is 19.4 Å². The molecular weight excluding hydrogens is 330 g/mol. The first-order valence-electron chi connectivity index (χ1n) is 9.66. The molecule has 4 bridgehead atoms. The van der Waals surface area contributed by atoms with Gasteiger partial charge < -0.3 is 15.2 Å². The Labute approximate surface area is 154 Å². The number of ether oxygens (including phenoxy) is 1. The smallest absolute Gasteiger partial charge is 0.342 e. The van der Waals surface area contributed by atoms with Crippen molar-refractivity contribution in [2.75, 3.05) is 0 Å². The van der Waals surface area contributed by atoms with Gasteiger partial charge in [-0.1, -0.05) is 6.07 Å². The van der Waals surface area contributed by atoms with Crippen LogP contribution in [0.2, 0.25) is 0 Å². The summed E-state index contributed by atoms with van der Waals surface area (Å²) in [5.74, 6) is 1.20. The lowest BCUT2D eigenvalue weighted by molar-refractivity contribution is -0.134. The number of esters is 1. The molecule has 0 spiro atoms. The van der Waals surface area contributed by atoms with E-state index in [0.717, 1.165) is 42.6 Å². The maximum atomic E-state index is 12.7. The van der Waals surface area contributed by atoms with Gasteiger partial charge in [-0.2, -0.15) is 0 Å². The zero-order valence-electron chi connectivity index (χ0n) is 15.5. The molecule has 1 aromatic carbocycles. The van der Waals surface area contributed by atoms with Crippen LogP contribution in [0.1, 0.15) is 61.4 Å². The van der Waals surface area contributed by atoms with E-state index >= 15 is 0 Å². The molecule has 1 atom stereocenters. The van der Waals surface area contributed by atoms with Crippen LogP contribution in [-0.4, -0.2) is 28.6 Å². The molecule has 4 aliphatic rings. The zero-order valence-corrected chi connectivity index (χ0v) is 15.5. The van der Waals surface area contributed by atoms with Crippen LogP contribution in [-0.2, 0) is 9.53 Å². The van der Waals surface area contributed by atoms with E-state index < -0.39 is 12.1 Å². The highest BCUT2D eigenvalue weighted by Crippen LogP contribution is 2.55. The third-order valence-corrected chi connectivity index (χ3v) is 6.45. The molecule has 0 aromatic heterocycles. The first-order chi connectivity index (χ1) is 12.3. The summed E-state index contributed by atoms with van der Waals surface area (Å²) in [4.78, 5) is 25.0. The van der Waals surface area contributed by atoms with Gasteiger partial charge in [-0.3, -0.25) is 4.79 Å². The second-order valence-electron chi connectivity index (χ2n) is 8.76. The van der Waals surface area contributed by atoms with E-state index in [2.05, 4.69) is 5.32 Å². The summed E-state index contributed by atoms with van der Waals surface area (Å²) in [7, 11) is 0. The minimum absolute atomic E-state index is 0.0880. The minimum atomic E-state index is -0.879. The van der Waals surface area contributed by atoms with Crippen LogP contribution >= 0.6 is 0 Å². The molecule has 4 saturated carbocycles. The Bertz CT molecular complexity index is 706. The van der Waals surface area contributed by atoms with Crippen molar-refractivity contribution in [2.24, 2.45) is 17.8 Å². The highest BCUT2D eigenvalue weighted by atomic mass is 16.5. The molecule has 5 rings (SSSR count). The van der Waals surface area contributed by atoms with Gasteiger partial charge in [-0.25, -0.2) is 4.79 Å². The number of aryl methyl sites for hydroxylation is 1. The molecule has 1 amide bonds. The van der Waals surface area contributed by atoms with E-state index in [0.29, 0.717) is 0 Å². The molecule has 5 nitrogen and oxygen atoms in total. The van der Waals surface area contributed by atoms with Crippen molar-refractivity contribution >= 4 is 11.9 Å². The van der Waals surface area contributed by atoms with Gasteiger partial charge in [-0.15, -0.1) is 0 Å². The van der Waals surface area contributed by atoms with E-state index in [1.165, 1.54) is 31.4 Å². The fraction of sp³-hybridized carbons (Fsp3) is 0.619. The highest BCUT2D eigenvalue weighted by Gasteiger charge is 2.51. The lowest BCUT2D eigenvalue weighted by Gasteiger charge is -2.57. The molecule has 0 heterocycles. The molecule has 140 valence electrons. The number of benzene rings is 1.